The lowest BCUT2D eigenvalue weighted by atomic mass is 9.88. The minimum atomic E-state index is -0.877. The Balaban J connectivity index is 2.40. The quantitative estimate of drug-likeness (QED) is 0.778. The average Bonchev–Trinajstić information content (AvgIpc) is 2.43. The topological polar surface area (TPSA) is 66.8 Å². The Hall–Kier alpha value is -1.10. The Morgan fingerprint density at radius 2 is 2.00 bits per heavy atom. The second-order valence-electron chi connectivity index (χ2n) is 5.78. The molecule has 0 heterocycles. The molecule has 0 unspecified atom stereocenters. The molecule has 5 nitrogen and oxygen atoms in total. The first-order valence-corrected chi connectivity index (χ1v) is 7.57. The standard InChI is InChI=1S/C15H27NO4/c1-4-16(9-12(3)15(18)19)14(17)10-20-13-8-6-5-7-11(13)2/h11-13H,4-10H2,1-3H3,(H,18,19)/t11-,12-,13-/m0/s1. The fourth-order valence-electron chi connectivity index (χ4n) is 2.62. The number of likely N-dealkylation sites (N-methyl/N-ethyl adjacent to an activating group) is 1. The highest BCUT2D eigenvalue weighted by Gasteiger charge is 2.24. The average molecular weight is 285 g/mol. The summed E-state index contributed by atoms with van der Waals surface area (Å²) in [5.41, 5.74) is 0. The number of carboxylic acids is 1. The number of carbonyl (C=O) groups excluding carboxylic acids is 1. The normalized spacial score (nSPS) is 24.1. The van der Waals surface area contributed by atoms with Crippen LogP contribution in [-0.2, 0) is 14.3 Å². The molecule has 0 bridgehead atoms. The van der Waals surface area contributed by atoms with E-state index in [1.165, 1.54) is 6.42 Å². The molecule has 0 saturated heterocycles. The predicted octanol–water partition coefficient (Wildman–Crippen LogP) is 2.15. The van der Waals surface area contributed by atoms with Gasteiger partial charge in [-0.1, -0.05) is 26.7 Å². The Morgan fingerprint density at radius 3 is 2.55 bits per heavy atom. The molecule has 1 rings (SSSR count). The fraction of sp³-hybridized carbons (Fsp3) is 0.867. The monoisotopic (exact) mass is 285 g/mol. The van der Waals surface area contributed by atoms with Gasteiger partial charge in [0.25, 0.3) is 0 Å². The molecule has 1 amide bonds. The Kier molecular flexibility index (Phi) is 6.99. The maximum atomic E-state index is 12.1. The maximum absolute atomic E-state index is 12.1. The van der Waals surface area contributed by atoms with Crippen molar-refractivity contribution in [2.75, 3.05) is 19.7 Å². The molecule has 1 aliphatic rings. The summed E-state index contributed by atoms with van der Waals surface area (Å²) in [6.45, 7) is 6.46. The molecule has 0 radical (unpaired) electrons. The minimum absolute atomic E-state index is 0.0647. The molecule has 1 saturated carbocycles. The van der Waals surface area contributed by atoms with E-state index < -0.39 is 11.9 Å². The molecular weight excluding hydrogens is 258 g/mol. The first-order chi connectivity index (χ1) is 9.45. The zero-order chi connectivity index (χ0) is 15.1. The van der Waals surface area contributed by atoms with Crippen LogP contribution in [-0.4, -0.2) is 47.7 Å². The summed E-state index contributed by atoms with van der Waals surface area (Å²) >= 11 is 0. The second-order valence-corrected chi connectivity index (χ2v) is 5.78. The van der Waals surface area contributed by atoms with E-state index in [2.05, 4.69) is 6.92 Å². The van der Waals surface area contributed by atoms with Crippen LogP contribution in [0.15, 0.2) is 0 Å². The van der Waals surface area contributed by atoms with Gasteiger partial charge in [0.2, 0.25) is 5.91 Å². The van der Waals surface area contributed by atoms with Gasteiger partial charge in [0.05, 0.1) is 12.0 Å². The minimum Gasteiger partial charge on any atom is -0.481 e. The van der Waals surface area contributed by atoms with Gasteiger partial charge in [0, 0.05) is 13.1 Å². The Labute approximate surface area is 121 Å². The van der Waals surface area contributed by atoms with Gasteiger partial charge in [-0.2, -0.15) is 0 Å². The van der Waals surface area contributed by atoms with Crippen LogP contribution in [0.4, 0.5) is 0 Å². The smallest absolute Gasteiger partial charge is 0.308 e. The molecular formula is C15H27NO4. The summed E-state index contributed by atoms with van der Waals surface area (Å²) in [5, 5.41) is 8.91. The summed E-state index contributed by atoms with van der Waals surface area (Å²) in [7, 11) is 0. The summed E-state index contributed by atoms with van der Waals surface area (Å²) in [6, 6.07) is 0. The van der Waals surface area contributed by atoms with Crippen molar-refractivity contribution in [3.8, 4) is 0 Å². The largest absolute Gasteiger partial charge is 0.481 e. The highest BCUT2D eigenvalue weighted by molar-refractivity contribution is 5.78. The van der Waals surface area contributed by atoms with Crippen LogP contribution in [0.25, 0.3) is 0 Å². The van der Waals surface area contributed by atoms with Crippen molar-refractivity contribution < 1.29 is 19.4 Å². The third-order valence-electron chi connectivity index (χ3n) is 4.10. The Morgan fingerprint density at radius 1 is 1.35 bits per heavy atom. The predicted molar refractivity (Wildman–Crippen MR) is 76.4 cm³/mol. The summed E-state index contributed by atoms with van der Waals surface area (Å²) in [6.07, 6.45) is 4.75. The van der Waals surface area contributed by atoms with E-state index in [9.17, 15) is 9.59 Å². The van der Waals surface area contributed by atoms with Crippen molar-refractivity contribution in [1.29, 1.82) is 0 Å². The van der Waals surface area contributed by atoms with Gasteiger partial charge in [-0.05, 0) is 25.7 Å². The number of carboxylic acid groups (broad SMARTS) is 1. The molecule has 1 fully saturated rings. The molecule has 0 aromatic heterocycles. The van der Waals surface area contributed by atoms with Gasteiger partial charge in [0.1, 0.15) is 6.61 Å². The van der Waals surface area contributed by atoms with Crippen molar-refractivity contribution in [3.63, 3.8) is 0 Å². The van der Waals surface area contributed by atoms with E-state index in [4.69, 9.17) is 9.84 Å². The van der Waals surface area contributed by atoms with E-state index in [1.54, 1.807) is 11.8 Å². The Bertz CT molecular complexity index is 332. The summed E-state index contributed by atoms with van der Waals surface area (Å²) < 4.78 is 5.74. The first kappa shape index (κ1) is 17.0. The zero-order valence-corrected chi connectivity index (χ0v) is 12.8. The SMILES string of the molecule is CCN(C[C@H](C)C(=O)O)C(=O)CO[C@H]1CCCC[C@@H]1C. The van der Waals surface area contributed by atoms with Crippen LogP contribution >= 0.6 is 0 Å². The second kappa shape index (κ2) is 8.25. The lowest BCUT2D eigenvalue weighted by molar-refractivity contribution is -0.145. The van der Waals surface area contributed by atoms with Crippen molar-refractivity contribution in [1.82, 2.24) is 4.90 Å². The molecule has 0 aromatic carbocycles. The summed E-state index contributed by atoms with van der Waals surface area (Å²) in [4.78, 5) is 24.5. The van der Waals surface area contributed by atoms with Crippen molar-refractivity contribution >= 4 is 11.9 Å². The van der Waals surface area contributed by atoms with Crippen LogP contribution in [0.1, 0.15) is 46.5 Å². The molecule has 20 heavy (non-hydrogen) atoms. The van der Waals surface area contributed by atoms with Crippen LogP contribution in [0.2, 0.25) is 0 Å². The van der Waals surface area contributed by atoms with Crippen LogP contribution in [0, 0.1) is 11.8 Å². The lowest BCUT2D eigenvalue weighted by Gasteiger charge is -2.30. The highest BCUT2D eigenvalue weighted by Crippen LogP contribution is 2.26. The van der Waals surface area contributed by atoms with Crippen LogP contribution in [0.5, 0.6) is 0 Å². The number of aliphatic carboxylic acids is 1. The molecule has 3 atom stereocenters. The number of hydrogen-bond acceptors (Lipinski definition) is 3. The molecule has 5 heteroatoms. The van der Waals surface area contributed by atoms with E-state index in [1.807, 2.05) is 6.92 Å². The van der Waals surface area contributed by atoms with Gasteiger partial charge in [-0.3, -0.25) is 9.59 Å². The third kappa shape index (κ3) is 5.12. The molecule has 116 valence electrons. The van der Waals surface area contributed by atoms with Gasteiger partial charge >= 0.3 is 5.97 Å². The third-order valence-corrected chi connectivity index (χ3v) is 4.10. The van der Waals surface area contributed by atoms with Gasteiger partial charge < -0.3 is 14.7 Å². The molecule has 0 spiro atoms. The van der Waals surface area contributed by atoms with Crippen LogP contribution < -0.4 is 0 Å². The molecule has 0 aromatic rings. The number of carbonyl (C=O) groups is 2. The van der Waals surface area contributed by atoms with E-state index in [0.717, 1.165) is 19.3 Å². The van der Waals surface area contributed by atoms with E-state index >= 15 is 0 Å². The first-order valence-electron chi connectivity index (χ1n) is 7.57. The van der Waals surface area contributed by atoms with Crippen molar-refractivity contribution in [3.05, 3.63) is 0 Å². The van der Waals surface area contributed by atoms with Gasteiger partial charge in [-0.25, -0.2) is 0 Å². The molecule has 1 N–H and O–H groups in total. The fourth-order valence-corrected chi connectivity index (χ4v) is 2.62. The van der Waals surface area contributed by atoms with E-state index in [-0.39, 0.29) is 25.2 Å². The van der Waals surface area contributed by atoms with Gasteiger partial charge in [-0.15, -0.1) is 0 Å². The number of rotatable bonds is 7. The molecule has 0 aliphatic heterocycles. The van der Waals surface area contributed by atoms with E-state index in [0.29, 0.717) is 12.5 Å². The highest BCUT2D eigenvalue weighted by atomic mass is 16.5. The maximum Gasteiger partial charge on any atom is 0.308 e. The lowest BCUT2D eigenvalue weighted by Crippen LogP contribution is -2.40. The van der Waals surface area contributed by atoms with Gasteiger partial charge in [0.15, 0.2) is 0 Å². The number of amides is 1. The number of ether oxygens (including phenoxy) is 1. The number of nitrogens with zero attached hydrogens (tertiary/aromatic N) is 1. The van der Waals surface area contributed by atoms with Crippen molar-refractivity contribution in [2.45, 2.75) is 52.6 Å². The summed E-state index contributed by atoms with van der Waals surface area (Å²) in [5.74, 6) is -1.03. The van der Waals surface area contributed by atoms with Crippen LogP contribution in [0.3, 0.4) is 0 Å². The van der Waals surface area contributed by atoms with Crippen molar-refractivity contribution in [2.24, 2.45) is 11.8 Å². The number of hydrogen-bond donors (Lipinski definition) is 1. The molecule has 1 aliphatic carbocycles. The zero-order valence-electron chi connectivity index (χ0n) is 12.8.